The summed E-state index contributed by atoms with van der Waals surface area (Å²) in [5.74, 6) is -1.56. The van der Waals surface area contributed by atoms with Gasteiger partial charge in [0.1, 0.15) is 5.69 Å². The number of imide groups is 1. The number of rotatable bonds is 6. The lowest BCUT2D eigenvalue weighted by molar-refractivity contribution is -0.149. The second-order valence-electron chi connectivity index (χ2n) is 5.09. The summed E-state index contributed by atoms with van der Waals surface area (Å²) in [6, 6.07) is 8.70. The van der Waals surface area contributed by atoms with E-state index in [2.05, 4.69) is 10.3 Å². The first-order valence-electron chi connectivity index (χ1n) is 7.37. The van der Waals surface area contributed by atoms with E-state index in [1.165, 1.54) is 13.0 Å². The van der Waals surface area contributed by atoms with E-state index >= 15 is 0 Å². The van der Waals surface area contributed by atoms with Gasteiger partial charge in [-0.2, -0.15) is 0 Å². The van der Waals surface area contributed by atoms with Crippen LogP contribution >= 0.6 is 0 Å². The third kappa shape index (κ3) is 5.90. The summed E-state index contributed by atoms with van der Waals surface area (Å²) >= 11 is 0. The van der Waals surface area contributed by atoms with Crippen LogP contribution in [0.25, 0.3) is 6.08 Å². The molecule has 0 aliphatic heterocycles. The van der Waals surface area contributed by atoms with Crippen LogP contribution in [0, 0.1) is 0 Å². The number of esters is 1. The van der Waals surface area contributed by atoms with E-state index < -0.39 is 24.0 Å². The molecule has 0 saturated heterocycles. The molecule has 0 fully saturated rings. The minimum atomic E-state index is -1.15. The van der Waals surface area contributed by atoms with Crippen molar-refractivity contribution in [3.05, 3.63) is 53.9 Å². The van der Waals surface area contributed by atoms with Gasteiger partial charge in [-0.05, 0) is 18.6 Å². The number of aromatic nitrogens is 3. The predicted octanol–water partition coefficient (Wildman–Crippen LogP) is 0.466. The summed E-state index contributed by atoms with van der Waals surface area (Å²) in [6.07, 6.45) is 3.04. The van der Waals surface area contributed by atoms with Crippen molar-refractivity contribution in [2.45, 2.75) is 19.6 Å². The van der Waals surface area contributed by atoms with Crippen molar-refractivity contribution >= 4 is 24.0 Å². The SMILES string of the molecule is C[C@H](OC(=O)/C=C/c1cn(Cc2ccccc2)nn1)C(=O)NC(N)=O. The number of nitrogens with one attached hydrogen (secondary N) is 1. The average Bonchev–Trinajstić information content (AvgIpc) is 3.00. The summed E-state index contributed by atoms with van der Waals surface area (Å²) < 4.78 is 6.46. The van der Waals surface area contributed by atoms with Crippen LogP contribution in [0.3, 0.4) is 0 Å². The minimum Gasteiger partial charge on any atom is -0.449 e. The Bertz CT molecular complexity index is 785. The van der Waals surface area contributed by atoms with Crippen LogP contribution in [0.4, 0.5) is 4.79 Å². The monoisotopic (exact) mass is 343 g/mol. The molecule has 1 heterocycles. The first-order valence-corrected chi connectivity index (χ1v) is 7.37. The van der Waals surface area contributed by atoms with Crippen molar-refractivity contribution in [1.82, 2.24) is 20.3 Å². The van der Waals surface area contributed by atoms with Gasteiger partial charge in [-0.15, -0.1) is 5.10 Å². The maximum atomic E-state index is 11.7. The molecule has 130 valence electrons. The molecule has 1 aromatic carbocycles. The molecular weight excluding hydrogens is 326 g/mol. The number of benzene rings is 1. The highest BCUT2D eigenvalue weighted by Crippen LogP contribution is 2.03. The van der Waals surface area contributed by atoms with Gasteiger partial charge in [-0.1, -0.05) is 35.5 Å². The zero-order valence-electron chi connectivity index (χ0n) is 13.5. The van der Waals surface area contributed by atoms with Crippen molar-refractivity contribution in [2.24, 2.45) is 5.73 Å². The Kier molecular flexibility index (Phi) is 5.99. The van der Waals surface area contributed by atoms with Crippen molar-refractivity contribution in [2.75, 3.05) is 0 Å². The highest BCUT2D eigenvalue weighted by atomic mass is 16.5. The lowest BCUT2D eigenvalue weighted by Crippen LogP contribution is -2.42. The Morgan fingerprint density at radius 1 is 1.32 bits per heavy atom. The topological polar surface area (TPSA) is 129 Å². The quantitative estimate of drug-likeness (QED) is 0.579. The molecule has 1 aromatic heterocycles. The van der Waals surface area contributed by atoms with Crippen molar-refractivity contribution in [3.63, 3.8) is 0 Å². The molecule has 9 nitrogen and oxygen atoms in total. The molecular formula is C16H17N5O4. The maximum Gasteiger partial charge on any atom is 0.331 e. The number of carbonyl (C=O) groups is 3. The lowest BCUT2D eigenvalue weighted by atomic mass is 10.2. The fourth-order valence-corrected chi connectivity index (χ4v) is 1.88. The molecule has 0 bridgehead atoms. The Hall–Kier alpha value is -3.49. The number of nitrogens with zero attached hydrogens (tertiary/aromatic N) is 3. The third-order valence-corrected chi connectivity index (χ3v) is 3.04. The van der Waals surface area contributed by atoms with Crippen molar-refractivity contribution in [3.8, 4) is 0 Å². The van der Waals surface area contributed by atoms with Gasteiger partial charge >= 0.3 is 12.0 Å². The van der Waals surface area contributed by atoms with E-state index in [4.69, 9.17) is 10.5 Å². The van der Waals surface area contributed by atoms with E-state index in [9.17, 15) is 14.4 Å². The normalized spacial score (nSPS) is 11.9. The third-order valence-electron chi connectivity index (χ3n) is 3.04. The standard InChI is InChI=1S/C16H17N5O4/c1-11(15(23)18-16(17)24)25-14(22)8-7-13-10-21(20-19-13)9-12-5-3-2-4-6-12/h2-8,10-11H,9H2,1H3,(H3,17,18,23,24)/b8-7+/t11-/m0/s1. The van der Waals surface area contributed by atoms with E-state index in [0.29, 0.717) is 12.2 Å². The smallest absolute Gasteiger partial charge is 0.331 e. The van der Waals surface area contributed by atoms with E-state index in [1.54, 1.807) is 10.9 Å². The van der Waals surface area contributed by atoms with E-state index in [-0.39, 0.29) is 0 Å². The molecule has 1 atom stereocenters. The number of urea groups is 1. The minimum absolute atomic E-state index is 0.460. The number of hydrogen-bond donors (Lipinski definition) is 2. The summed E-state index contributed by atoms with van der Waals surface area (Å²) in [7, 11) is 0. The Morgan fingerprint density at radius 3 is 2.72 bits per heavy atom. The highest BCUT2D eigenvalue weighted by Gasteiger charge is 2.17. The molecule has 25 heavy (non-hydrogen) atoms. The van der Waals surface area contributed by atoms with Crippen molar-refractivity contribution in [1.29, 1.82) is 0 Å². The number of amides is 3. The van der Waals surface area contributed by atoms with Gasteiger partial charge in [-0.25, -0.2) is 14.3 Å². The average molecular weight is 343 g/mol. The van der Waals surface area contributed by atoms with Crippen LogP contribution in [0.5, 0.6) is 0 Å². The molecule has 3 N–H and O–H groups in total. The van der Waals surface area contributed by atoms with Gasteiger partial charge in [0.05, 0.1) is 12.7 Å². The van der Waals surface area contributed by atoms with Crippen LogP contribution in [0.2, 0.25) is 0 Å². The molecule has 0 aliphatic rings. The Labute approximate surface area is 143 Å². The first kappa shape index (κ1) is 17.9. The van der Waals surface area contributed by atoms with Gasteiger partial charge < -0.3 is 10.5 Å². The number of primary amides is 1. The highest BCUT2D eigenvalue weighted by molar-refractivity contribution is 5.97. The summed E-state index contributed by atoms with van der Waals surface area (Å²) in [6.45, 7) is 1.87. The second kappa shape index (κ2) is 8.39. The molecule has 0 unspecified atom stereocenters. The summed E-state index contributed by atoms with van der Waals surface area (Å²) in [5.41, 5.74) is 6.34. The van der Waals surface area contributed by atoms with Gasteiger partial charge in [-0.3, -0.25) is 10.1 Å². The van der Waals surface area contributed by atoms with Crippen LogP contribution in [0.1, 0.15) is 18.2 Å². The number of hydrogen-bond acceptors (Lipinski definition) is 6. The van der Waals surface area contributed by atoms with E-state index in [1.807, 2.05) is 35.6 Å². The van der Waals surface area contributed by atoms with Crippen molar-refractivity contribution < 1.29 is 19.1 Å². The van der Waals surface area contributed by atoms with Gasteiger partial charge in [0, 0.05) is 6.08 Å². The largest absolute Gasteiger partial charge is 0.449 e. The first-order chi connectivity index (χ1) is 11.9. The predicted molar refractivity (Wildman–Crippen MR) is 87.9 cm³/mol. The van der Waals surface area contributed by atoms with Gasteiger partial charge in [0.15, 0.2) is 6.10 Å². The Morgan fingerprint density at radius 2 is 2.04 bits per heavy atom. The zero-order chi connectivity index (χ0) is 18.2. The summed E-state index contributed by atoms with van der Waals surface area (Å²) in [4.78, 5) is 33.6. The number of nitrogens with two attached hydrogens (primary N) is 1. The number of carbonyl (C=O) groups excluding carboxylic acids is 3. The fourth-order valence-electron chi connectivity index (χ4n) is 1.88. The van der Waals surface area contributed by atoms with Crippen LogP contribution < -0.4 is 11.1 Å². The van der Waals surface area contributed by atoms with Crippen LogP contribution in [0.15, 0.2) is 42.6 Å². The van der Waals surface area contributed by atoms with Gasteiger partial charge in [0.2, 0.25) is 0 Å². The molecule has 0 saturated carbocycles. The maximum absolute atomic E-state index is 11.7. The molecule has 2 aromatic rings. The second-order valence-corrected chi connectivity index (χ2v) is 5.09. The Balaban J connectivity index is 1.88. The molecule has 2 rings (SSSR count). The molecule has 3 amide bonds. The summed E-state index contributed by atoms with van der Waals surface area (Å²) in [5, 5.41) is 9.70. The van der Waals surface area contributed by atoms with E-state index in [0.717, 1.165) is 11.6 Å². The molecule has 0 aliphatic carbocycles. The number of ether oxygens (including phenoxy) is 1. The van der Waals surface area contributed by atoms with Crippen LogP contribution in [-0.2, 0) is 20.9 Å². The lowest BCUT2D eigenvalue weighted by Gasteiger charge is -2.09. The molecule has 0 spiro atoms. The molecule has 9 heteroatoms. The molecule has 0 radical (unpaired) electrons. The van der Waals surface area contributed by atoms with Gasteiger partial charge in [0.25, 0.3) is 5.91 Å². The zero-order valence-corrected chi connectivity index (χ0v) is 13.5. The van der Waals surface area contributed by atoms with Crippen LogP contribution in [-0.4, -0.2) is 39.0 Å². The fraction of sp³-hybridized carbons (Fsp3) is 0.188.